The van der Waals surface area contributed by atoms with Crippen molar-refractivity contribution in [3.8, 4) is 11.5 Å². The summed E-state index contributed by atoms with van der Waals surface area (Å²) < 4.78 is 39.0. The number of carbonyl (C=O) groups excluding carboxylic acids is 2. The molecule has 3 aromatic carbocycles. The van der Waals surface area contributed by atoms with Crippen LogP contribution in [-0.4, -0.2) is 31.0 Å². The van der Waals surface area contributed by atoms with Gasteiger partial charge in [0.1, 0.15) is 28.9 Å². The summed E-state index contributed by atoms with van der Waals surface area (Å²) in [5.41, 5.74) is -0.242. The molecule has 0 bridgehead atoms. The van der Waals surface area contributed by atoms with E-state index in [4.69, 9.17) is 21.1 Å². The van der Waals surface area contributed by atoms with E-state index in [0.29, 0.717) is 0 Å². The Labute approximate surface area is 198 Å². The van der Waals surface area contributed by atoms with Gasteiger partial charge in [0.15, 0.2) is 0 Å². The van der Waals surface area contributed by atoms with Gasteiger partial charge in [0.25, 0.3) is 11.7 Å². The maximum Gasteiger partial charge on any atom is 0.300 e. The van der Waals surface area contributed by atoms with E-state index in [2.05, 4.69) is 0 Å². The molecule has 0 saturated carbocycles. The zero-order valence-electron chi connectivity index (χ0n) is 18.0. The van der Waals surface area contributed by atoms with Crippen LogP contribution in [0.15, 0.2) is 66.2 Å². The van der Waals surface area contributed by atoms with Crippen molar-refractivity contribution in [1.82, 2.24) is 0 Å². The number of rotatable bonds is 5. The summed E-state index contributed by atoms with van der Waals surface area (Å²) in [6.07, 6.45) is 0. The topological polar surface area (TPSA) is 76.1 Å². The second-order valence-corrected chi connectivity index (χ2v) is 7.76. The lowest BCUT2D eigenvalue weighted by molar-refractivity contribution is -0.132. The lowest BCUT2D eigenvalue weighted by Gasteiger charge is -2.26. The Morgan fingerprint density at radius 1 is 0.971 bits per heavy atom. The third kappa shape index (κ3) is 3.86. The third-order valence-corrected chi connectivity index (χ3v) is 5.77. The SMILES string of the molecule is COc1cc(/C(O)=C2\C(=O)C(=O)N(c3ccc(F)cc3)C2c2ccccc2F)c(OC)cc1Cl. The van der Waals surface area contributed by atoms with Crippen molar-refractivity contribution < 1.29 is 33.0 Å². The zero-order valence-corrected chi connectivity index (χ0v) is 18.8. The first-order valence-electron chi connectivity index (χ1n) is 10.0. The number of Topliss-reactive ketones (excluding diaryl/α,β-unsaturated/α-hetero) is 1. The van der Waals surface area contributed by atoms with E-state index in [1.165, 1.54) is 62.8 Å². The Hall–Kier alpha value is -3.91. The fraction of sp³-hybridized carbons (Fsp3) is 0.120. The van der Waals surface area contributed by atoms with Gasteiger partial charge < -0.3 is 14.6 Å². The number of ketones is 1. The standard InChI is InChI=1S/C25H18ClF2NO5/c1-33-19-12-17(26)20(34-2)11-16(19)23(30)21-22(15-5-3-4-6-18(15)28)29(25(32)24(21)31)14-9-7-13(27)8-10-14/h3-12,22,30H,1-2H3/b23-21+. The summed E-state index contributed by atoms with van der Waals surface area (Å²) in [7, 11) is 2.70. The molecule has 0 aromatic heterocycles. The Kier molecular flexibility index (Phi) is 6.26. The van der Waals surface area contributed by atoms with Crippen LogP contribution in [0, 0.1) is 11.6 Å². The second-order valence-electron chi connectivity index (χ2n) is 7.35. The summed E-state index contributed by atoms with van der Waals surface area (Å²) in [6, 6.07) is 11.8. The van der Waals surface area contributed by atoms with Crippen LogP contribution >= 0.6 is 11.6 Å². The summed E-state index contributed by atoms with van der Waals surface area (Å²) >= 11 is 6.15. The van der Waals surface area contributed by atoms with Crippen LogP contribution < -0.4 is 14.4 Å². The molecule has 174 valence electrons. The molecule has 1 unspecified atom stereocenters. The Morgan fingerprint density at radius 2 is 1.62 bits per heavy atom. The first-order chi connectivity index (χ1) is 16.3. The minimum atomic E-state index is -1.34. The number of ether oxygens (including phenoxy) is 2. The quantitative estimate of drug-likeness (QED) is 0.303. The Balaban J connectivity index is 2.01. The summed E-state index contributed by atoms with van der Waals surface area (Å²) in [5, 5.41) is 11.5. The normalized spacial score (nSPS) is 17.2. The van der Waals surface area contributed by atoms with Gasteiger partial charge in [-0.2, -0.15) is 0 Å². The van der Waals surface area contributed by atoms with Crippen LogP contribution in [0.5, 0.6) is 11.5 Å². The molecule has 1 heterocycles. The maximum absolute atomic E-state index is 14.9. The molecule has 6 nitrogen and oxygen atoms in total. The number of nitrogens with zero attached hydrogens (tertiary/aromatic N) is 1. The van der Waals surface area contributed by atoms with Crippen LogP contribution in [0.3, 0.4) is 0 Å². The molecule has 1 atom stereocenters. The van der Waals surface area contributed by atoms with Gasteiger partial charge in [-0.15, -0.1) is 0 Å². The number of halogens is 3. The van der Waals surface area contributed by atoms with Gasteiger partial charge in [-0.05, 0) is 36.4 Å². The van der Waals surface area contributed by atoms with Gasteiger partial charge in [-0.25, -0.2) is 8.78 Å². The number of amides is 1. The summed E-state index contributed by atoms with van der Waals surface area (Å²) in [6.45, 7) is 0. The molecule has 1 fully saturated rings. The number of carbonyl (C=O) groups is 2. The van der Waals surface area contributed by atoms with Crippen molar-refractivity contribution in [2.45, 2.75) is 6.04 Å². The molecule has 0 radical (unpaired) electrons. The van der Waals surface area contributed by atoms with Crippen molar-refractivity contribution >= 4 is 34.7 Å². The Morgan fingerprint density at radius 3 is 2.24 bits per heavy atom. The van der Waals surface area contributed by atoms with Crippen LogP contribution in [0.2, 0.25) is 5.02 Å². The van der Waals surface area contributed by atoms with Gasteiger partial charge >= 0.3 is 0 Å². The predicted molar refractivity (Wildman–Crippen MR) is 122 cm³/mol. The van der Waals surface area contributed by atoms with Crippen LogP contribution in [-0.2, 0) is 9.59 Å². The van der Waals surface area contributed by atoms with Gasteiger partial charge in [-0.3, -0.25) is 14.5 Å². The van der Waals surface area contributed by atoms with E-state index in [9.17, 15) is 23.5 Å². The monoisotopic (exact) mass is 485 g/mol. The van der Waals surface area contributed by atoms with Crippen LogP contribution in [0.4, 0.5) is 14.5 Å². The number of anilines is 1. The third-order valence-electron chi connectivity index (χ3n) is 5.48. The molecular formula is C25H18ClF2NO5. The second kappa shape index (κ2) is 9.15. The highest BCUT2D eigenvalue weighted by Crippen LogP contribution is 2.45. The lowest BCUT2D eigenvalue weighted by atomic mass is 9.94. The van der Waals surface area contributed by atoms with Crippen LogP contribution in [0.1, 0.15) is 17.2 Å². The number of hydrogen-bond donors (Lipinski definition) is 1. The molecule has 1 aliphatic heterocycles. The molecule has 0 aliphatic carbocycles. The van der Waals surface area contributed by atoms with Gasteiger partial charge in [0, 0.05) is 17.3 Å². The molecule has 1 aliphatic rings. The van der Waals surface area contributed by atoms with Crippen molar-refractivity contribution in [1.29, 1.82) is 0 Å². The van der Waals surface area contributed by atoms with Gasteiger partial charge in [0.05, 0.1) is 36.4 Å². The molecule has 1 saturated heterocycles. The van der Waals surface area contributed by atoms with Crippen LogP contribution in [0.25, 0.3) is 5.76 Å². The predicted octanol–water partition coefficient (Wildman–Crippen LogP) is 5.26. The molecule has 9 heteroatoms. The lowest BCUT2D eigenvalue weighted by Crippen LogP contribution is -2.29. The summed E-state index contributed by atoms with van der Waals surface area (Å²) in [4.78, 5) is 27.3. The van der Waals surface area contributed by atoms with E-state index < -0.39 is 35.1 Å². The van der Waals surface area contributed by atoms with E-state index >= 15 is 0 Å². The highest BCUT2D eigenvalue weighted by Gasteiger charge is 2.48. The molecule has 0 spiro atoms. The smallest absolute Gasteiger partial charge is 0.300 e. The Bertz CT molecular complexity index is 1320. The first kappa shape index (κ1) is 23.3. The van der Waals surface area contributed by atoms with Gasteiger partial charge in [-0.1, -0.05) is 29.8 Å². The minimum Gasteiger partial charge on any atom is -0.507 e. The number of hydrogen-bond acceptors (Lipinski definition) is 5. The van der Waals surface area contributed by atoms with E-state index in [1.807, 2.05) is 0 Å². The molecule has 4 rings (SSSR count). The maximum atomic E-state index is 14.9. The molecule has 1 N–H and O–H groups in total. The first-order valence-corrected chi connectivity index (χ1v) is 10.4. The van der Waals surface area contributed by atoms with Crippen molar-refractivity contribution in [2.24, 2.45) is 0 Å². The number of benzene rings is 3. The minimum absolute atomic E-state index is 0.0159. The van der Waals surface area contributed by atoms with Crippen molar-refractivity contribution in [3.05, 3.63) is 94.0 Å². The molecular weight excluding hydrogens is 468 g/mol. The fourth-order valence-electron chi connectivity index (χ4n) is 3.88. The van der Waals surface area contributed by atoms with E-state index in [0.717, 1.165) is 17.0 Å². The number of aliphatic hydroxyl groups is 1. The molecule has 1 amide bonds. The number of methoxy groups -OCH3 is 2. The fourth-order valence-corrected chi connectivity index (χ4v) is 4.11. The van der Waals surface area contributed by atoms with E-state index in [1.54, 1.807) is 0 Å². The van der Waals surface area contributed by atoms with Crippen molar-refractivity contribution in [2.75, 3.05) is 19.1 Å². The molecule has 34 heavy (non-hydrogen) atoms. The van der Waals surface area contributed by atoms with E-state index in [-0.39, 0.29) is 38.9 Å². The zero-order chi connectivity index (χ0) is 24.6. The highest BCUT2D eigenvalue weighted by molar-refractivity contribution is 6.51. The average molecular weight is 486 g/mol. The van der Waals surface area contributed by atoms with Gasteiger partial charge in [0.2, 0.25) is 0 Å². The average Bonchev–Trinajstić information content (AvgIpc) is 3.09. The summed E-state index contributed by atoms with van der Waals surface area (Å²) in [5.74, 6) is -3.65. The largest absolute Gasteiger partial charge is 0.507 e. The number of aliphatic hydroxyl groups excluding tert-OH is 1. The molecule has 3 aromatic rings. The highest BCUT2D eigenvalue weighted by atomic mass is 35.5. The van der Waals surface area contributed by atoms with Crippen molar-refractivity contribution in [3.63, 3.8) is 0 Å².